The number of fused-ring (bicyclic) bond motifs is 1. The molecule has 1 aromatic carbocycles. The highest BCUT2D eigenvalue weighted by atomic mass is 32.2. The molecule has 0 amide bonds. The maximum atomic E-state index is 12.2. The van der Waals surface area contributed by atoms with Crippen LogP contribution >= 0.6 is 11.3 Å². The van der Waals surface area contributed by atoms with Crippen LogP contribution in [0.15, 0.2) is 46.9 Å². The molecule has 2 aromatic heterocycles. The van der Waals surface area contributed by atoms with Gasteiger partial charge in [0.2, 0.25) is 10.0 Å². The number of aromatic nitrogens is 2. The predicted molar refractivity (Wildman–Crippen MR) is 85.0 cm³/mol. The summed E-state index contributed by atoms with van der Waals surface area (Å²) < 4.78 is 33.9. The molecule has 0 saturated carbocycles. The molecule has 3 rings (SSSR count). The Labute approximate surface area is 132 Å². The number of nitrogens with zero attached hydrogens (tertiary/aromatic N) is 2. The van der Waals surface area contributed by atoms with Gasteiger partial charge >= 0.3 is 0 Å². The molecule has 0 spiro atoms. The second-order valence-electron chi connectivity index (χ2n) is 4.65. The molecule has 0 aliphatic carbocycles. The van der Waals surface area contributed by atoms with E-state index >= 15 is 0 Å². The Kier molecular flexibility index (Phi) is 4.14. The maximum absolute atomic E-state index is 12.2. The normalized spacial score (nSPS) is 11.9. The average molecular weight is 337 g/mol. The lowest BCUT2D eigenvalue weighted by Gasteiger charge is -2.06. The SMILES string of the molecule is COc1ccc(S(=O)(=O)NCCc2cn3ccsc3n2)cc1. The van der Waals surface area contributed by atoms with E-state index in [4.69, 9.17) is 4.74 Å². The van der Waals surface area contributed by atoms with Crippen molar-refractivity contribution >= 4 is 26.3 Å². The fourth-order valence-corrected chi connectivity index (χ4v) is 3.80. The summed E-state index contributed by atoms with van der Waals surface area (Å²) in [6.45, 7) is 0.305. The number of methoxy groups -OCH3 is 1. The fourth-order valence-electron chi connectivity index (χ4n) is 2.05. The van der Waals surface area contributed by atoms with Crippen molar-refractivity contribution in [3.8, 4) is 5.75 Å². The van der Waals surface area contributed by atoms with Crippen molar-refractivity contribution in [2.75, 3.05) is 13.7 Å². The fraction of sp³-hybridized carbons (Fsp3) is 0.214. The Hall–Kier alpha value is -1.90. The van der Waals surface area contributed by atoms with Crippen LogP contribution < -0.4 is 9.46 Å². The Morgan fingerprint density at radius 3 is 2.77 bits per heavy atom. The first-order chi connectivity index (χ1) is 10.6. The molecular formula is C14H15N3O3S2. The molecular weight excluding hydrogens is 322 g/mol. The standard InChI is InChI=1S/C14H15N3O3S2/c1-20-12-2-4-13(5-3-12)22(18,19)15-7-6-11-10-17-8-9-21-14(17)16-11/h2-5,8-10,15H,6-7H2,1H3. The average Bonchev–Trinajstić information content (AvgIpc) is 3.08. The number of nitrogens with one attached hydrogen (secondary N) is 1. The molecule has 0 bridgehead atoms. The zero-order valence-corrected chi connectivity index (χ0v) is 13.5. The molecule has 0 fully saturated rings. The van der Waals surface area contributed by atoms with E-state index in [1.807, 2.05) is 22.2 Å². The molecule has 6 nitrogen and oxygen atoms in total. The second-order valence-corrected chi connectivity index (χ2v) is 7.29. The first-order valence-electron chi connectivity index (χ1n) is 6.63. The number of hydrogen-bond acceptors (Lipinski definition) is 5. The minimum atomic E-state index is -3.51. The lowest BCUT2D eigenvalue weighted by molar-refractivity contribution is 0.414. The number of thiazole rings is 1. The van der Waals surface area contributed by atoms with Gasteiger partial charge in [0.25, 0.3) is 0 Å². The summed E-state index contributed by atoms with van der Waals surface area (Å²) >= 11 is 1.55. The van der Waals surface area contributed by atoms with Gasteiger partial charge in [-0.25, -0.2) is 18.1 Å². The van der Waals surface area contributed by atoms with Crippen LogP contribution in [0.1, 0.15) is 5.69 Å². The second kappa shape index (κ2) is 6.07. The van der Waals surface area contributed by atoms with Gasteiger partial charge < -0.3 is 4.74 Å². The van der Waals surface area contributed by atoms with Crippen molar-refractivity contribution in [1.82, 2.24) is 14.1 Å². The Bertz CT molecular complexity index is 838. The molecule has 0 unspecified atom stereocenters. The van der Waals surface area contributed by atoms with Gasteiger partial charge in [-0.15, -0.1) is 11.3 Å². The topological polar surface area (TPSA) is 72.7 Å². The van der Waals surface area contributed by atoms with E-state index < -0.39 is 10.0 Å². The van der Waals surface area contributed by atoms with Crippen LogP contribution in [0, 0.1) is 0 Å². The highest BCUT2D eigenvalue weighted by Gasteiger charge is 2.13. The summed E-state index contributed by atoms with van der Waals surface area (Å²) in [5.74, 6) is 0.622. The molecule has 2 heterocycles. The van der Waals surface area contributed by atoms with Crippen LogP contribution in [0.5, 0.6) is 5.75 Å². The Balaban J connectivity index is 1.62. The highest BCUT2D eigenvalue weighted by Crippen LogP contribution is 2.15. The van der Waals surface area contributed by atoms with E-state index in [1.54, 1.807) is 23.5 Å². The van der Waals surface area contributed by atoms with Gasteiger partial charge in [0.1, 0.15) is 5.75 Å². The molecule has 0 aliphatic rings. The maximum Gasteiger partial charge on any atom is 0.240 e. The molecule has 116 valence electrons. The van der Waals surface area contributed by atoms with Crippen molar-refractivity contribution in [1.29, 1.82) is 0 Å². The van der Waals surface area contributed by atoms with Gasteiger partial charge in [0.05, 0.1) is 17.7 Å². The third-order valence-corrected chi connectivity index (χ3v) is 5.43. The zero-order chi connectivity index (χ0) is 15.6. The van der Waals surface area contributed by atoms with Crippen molar-refractivity contribution in [2.45, 2.75) is 11.3 Å². The monoisotopic (exact) mass is 337 g/mol. The van der Waals surface area contributed by atoms with Crippen LogP contribution in [-0.2, 0) is 16.4 Å². The van der Waals surface area contributed by atoms with Gasteiger partial charge in [-0.1, -0.05) is 0 Å². The Morgan fingerprint density at radius 2 is 2.09 bits per heavy atom. The summed E-state index contributed by atoms with van der Waals surface area (Å²) in [6, 6.07) is 6.29. The van der Waals surface area contributed by atoms with E-state index in [1.165, 1.54) is 19.2 Å². The van der Waals surface area contributed by atoms with Crippen LogP contribution in [-0.4, -0.2) is 31.5 Å². The molecule has 8 heteroatoms. The van der Waals surface area contributed by atoms with Gasteiger partial charge in [0, 0.05) is 30.7 Å². The number of rotatable bonds is 6. The van der Waals surface area contributed by atoms with Gasteiger partial charge in [0.15, 0.2) is 4.96 Å². The first-order valence-corrected chi connectivity index (χ1v) is 8.99. The highest BCUT2D eigenvalue weighted by molar-refractivity contribution is 7.89. The van der Waals surface area contributed by atoms with Crippen molar-refractivity contribution < 1.29 is 13.2 Å². The molecule has 0 atom stereocenters. The summed E-state index contributed by atoms with van der Waals surface area (Å²) in [7, 11) is -1.97. The van der Waals surface area contributed by atoms with Gasteiger partial charge in [-0.2, -0.15) is 0 Å². The minimum absolute atomic E-state index is 0.221. The molecule has 0 radical (unpaired) electrons. The summed E-state index contributed by atoms with van der Waals surface area (Å²) in [6.07, 6.45) is 4.38. The van der Waals surface area contributed by atoms with Crippen molar-refractivity contribution in [2.24, 2.45) is 0 Å². The quantitative estimate of drug-likeness (QED) is 0.746. The molecule has 3 aromatic rings. The molecule has 22 heavy (non-hydrogen) atoms. The number of sulfonamides is 1. The van der Waals surface area contributed by atoms with E-state index in [0.29, 0.717) is 18.7 Å². The summed E-state index contributed by atoms with van der Waals surface area (Å²) in [5.41, 5.74) is 0.865. The van der Waals surface area contributed by atoms with Crippen molar-refractivity contribution in [3.05, 3.63) is 47.7 Å². The van der Waals surface area contributed by atoms with E-state index in [0.717, 1.165) is 10.7 Å². The van der Waals surface area contributed by atoms with E-state index in [-0.39, 0.29) is 4.90 Å². The molecule has 0 aliphatic heterocycles. The zero-order valence-electron chi connectivity index (χ0n) is 11.9. The lowest BCUT2D eigenvalue weighted by atomic mass is 10.3. The number of imidazole rings is 1. The van der Waals surface area contributed by atoms with Gasteiger partial charge in [-0.05, 0) is 24.3 Å². The summed E-state index contributed by atoms with van der Waals surface area (Å²) in [5, 5.41) is 1.96. The first kappa shape index (κ1) is 15.0. The number of benzene rings is 1. The third-order valence-electron chi connectivity index (χ3n) is 3.19. The lowest BCUT2D eigenvalue weighted by Crippen LogP contribution is -2.26. The largest absolute Gasteiger partial charge is 0.497 e. The van der Waals surface area contributed by atoms with Crippen LogP contribution in [0.3, 0.4) is 0 Å². The van der Waals surface area contributed by atoms with Crippen molar-refractivity contribution in [3.63, 3.8) is 0 Å². The Morgan fingerprint density at radius 1 is 1.32 bits per heavy atom. The molecule has 1 N–H and O–H groups in total. The minimum Gasteiger partial charge on any atom is -0.497 e. The van der Waals surface area contributed by atoms with Gasteiger partial charge in [-0.3, -0.25) is 4.40 Å². The predicted octanol–water partition coefficient (Wildman–Crippen LogP) is 1.93. The third kappa shape index (κ3) is 3.13. The smallest absolute Gasteiger partial charge is 0.240 e. The number of hydrogen-bond donors (Lipinski definition) is 1. The number of ether oxygens (including phenoxy) is 1. The summed E-state index contributed by atoms with van der Waals surface area (Å²) in [4.78, 5) is 5.55. The van der Waals surface area contributed by atoms with Crippen LogP contribution in [0.25, 0.3) is 4.96 Å². The van der Waals surface area contributed by atoms with E-state index in [9.17, 15) is 8.42 Å². The van der Waals surface area contributed by atoms with Crippen LogP contribution in [0.4, 0.5) is 0 Å². The van der Waals surface area contributed by atoms with Crippen LogP contribution in [0.2, 0.25) is 0 Å². The van der Waals surface area contributed by atoms with E-state index in [2.05, 4.69) is 9.71 Å². The molecule has 0 saturated heterocycles.